The van der Waals surface area contributed by atoms with Crippen molar-refractivity contribution in [3.8, 4) is 0 Å². The van der Waals surface area contributed by atoms with Gasteiger partial charge in [0.25, 0.3) is 0 Å². The molecule has 1 N–H and O–H groups in total. The van der Waals surface area contributed by atoms with Crippen molar-refractivity contribution in [1.82, 2.24) is 15.2 Å². The Morgan fingerprint density at radius 2 is 2.25 bits per heavy atom. The molecule has 0 spiro atoms. The minimum absolute atomic E-state index is 0.113. The number of pyridine rings is 1. The predicted molar refractivity (Wildman–Crippen MR) is 89.6 cm³/mol. The summed E-state index contributed by atoms with van der Waals surface area (Å²) in [6.07, 6.45) is 2.62. The fraction of sp³-hybridized carbons (Fsp3) is 0.444. The van der Waals surface area contributed by atoms with Crippen LogP contribution >= 0.6 is 0 Å². The highest BCUT2D eigenvalue weighted by Gasteiger charge is 2.30. The van der Waals surface area contributed by atoms with Crippen molar-refractivity contribution < 1.29 is 13.9 Å². The van der Waals surface area contributed by atoms with Crippen LogP contribution in [0.4, 0.5) is 4.79 Å². The van der Waals surface area contributed by atoms with Crippen LogP contribution in [0.25, 0.3) is 0 Å². The average molecular weight is 329 g/mol. The number of furan rings is 1. The summed E-state index contributed by atoms with van der Waals surface area (Å²) in [5, 5.41) is 2.96. The van der Waals surface area contributed by atoms with E-state index in [4.69, 9.17) is 9.15 Å². The largest absolute Gasteiger partial charge is 0.464 e. The lowest BCUT2D eigenvalue weighted by molar-refractivity contribution is 0.00392. The Kier molecular flexibility index (Phi) is 5.15. The van der Waals surface area contributed by atoms with E-state index in [-0.39, 0.29) is 12.1 Å². The van der Waals surface area contributed by atoms with Crippen molar-refractivity contribution in [2.45, 2.75) is 32.9 Å². The molecule has 2 aromatic heterocycles. The van der Waals surface area contributed by atoms with Gasteiger partial charge >= 0.3 is 6.03 Å². The molecule has 0 aromatic carbocycles. The van der Waals surface area contributed by atoms with E-state index in [9.17, 15) is 4.79 Å². The number of rotatable bonds is 4. The zero-order valence-corrected chi connectivity index (χ0v) is 14.1. The van der Waals surface area contributed by atoms with Crippen LogP contribution < -0.4 is 5.32 Å². The minimum Gasteiger partial charge on any atom is -0.464 e. The smallest absolute Gasteiger partial charge is 0.318 e. The number of aryl methyl sites for hydroxylation is 2. The number of ether oxygens (including phenoxy) is 1. The Labute approximate surface area is 141 Å². The highest BCUT2D eigenvalue weighted by molar-refractivity contribution is 5.74. The molecule has 1 fully saturated rings. The molecule has 6 nitrogen and oxygen atoms in total. The number of hydrogen-bond acceptors (Lipinski definition) is 4. The fourth-order valence-electron chi connectivity index (χ4n) is 2.73. The van der Waals surface area contributed by atoms with E-state index in [1.807, 2.05) is 38.1 Å². The minimum atomic E-state index is -0.185. The molecule has 1 saturated heterocycles. The third-order valence-electron chi connectivity index (χ3n) is 4.17. The van der Waals surface area contributed by atoms with Gasteiger partial charge in [-0.1, -0.05) is 13.0 Å². The SMILES string of the molecule is CCc1ccc([C@H]2COCCN2C(=O)NCc2ccc(C)nc2)o1. The molecule has 128 valence electrons. The van der Waals surface area contributed by atoms with E-state index >= 15 is 0 Å². The van der Waals surface area contributed by atoms with Gasteiger partial charge in [-0.25, -0.2) is 4.79 Å². The maximum absolute atomic E-state index is 12.6. The quantitative estimate of drug-likeness (QED) is 0.936. The molecule has 1 aliphatic rings. The monoisotopic (exact) mass is 329 g/mol. The van der Waals surface area contributed by atoms with Gasteiger partial charge < -0.3 is 19.4 Å². The van der Waals surface area contributed by atoms with Gasteiger partial charge in [0.05, 0.1) is 13.2 Å². The first-order valence-electron chi connectivity index (χ1n) is 8.29. The van der Waals surface area contributed by atoms with Crippen LogP contribution in [0.15, 0.2) is 34.9 Å². The van der Waals surface area contributed by atoms with E-state index in [1.165, 1.54) is 0 Å². The summed E-state index contributed by atoms with van der Waals surface area (Å²) in [7, 11) is 0. The maximum Gasteiger partial charge on any atom is 0.318 e. The van der Waals surface area contributed by atoms with Crippen molar-refractivity contribution in [2.75, 3.05) is 19.8 Å². The number of carbonyl (C=O) groups is 1. The molecular formula is C18H23N3O3. The van der Waals surface area contributed by atoms with E-state index in [2.05, 4.69) is 10.3 Å². The summed E-state index contributed by atoms with van der Waals surface area (Å²) in [6.45, 7) is 5.97. The lowest BCUT2D eigenvalue weighted by atomic mass is 10.2. The lowest BCUT2D eigenvalue weighted by Crippen LogP contribution is -2.47. The van der Waals surface area contributed by atoms with Crippen LogP contribution in [0.2, 0.25) is 0 Å². The van der Waals surface area contributed by atoms with Gasteiger partial charge in [0.15, 0.2) is 0 Å². The number of nitrogens with one attached hydrogen (secondary N) is 1. The van der Waals surface area contributed by atoms with Crippen LogP contribution in [-0.4, -0.2) is 35.7 Å². The number of amides is 2. The lowest BCUT2D eigenvalue weighted by Gasteiger charge is -2.34. The standard InChI is InChI=1S/C18H23N3O3/c1-3-15-6-7-17(24-15)16-12-23-9-8-21(16)18(22)20-11-14-5-4-13(2)19-10-14/h4-7,10,16H,3,8-9,11-12H2,1-2H3,(H,20,22)/t16-/m1/s1. The second-order valence-electron chi connectivity index (χ2n) is 5.91. The highest BCUT2D eigenvalue weighted by atomic mass is 16.5. The Balaban J connectivity index is 1.65. The van der Waals surface area contributed by atoms with E-state index in [0.717, 1.165) is 29.2 Å². The third kappa shape index (κ3) is 3.76. The van der Waals surface area contributed by atoms with Gasteiger partial charge in [-0.2, -0.15) is 0 Å². The molecule has 2 aromatic rings. The average Bonchev–Trinajstić information content (AvgIpc) is 3.10. The number of morpholine rings is 1. The van der Waals surface area contributed by atoms with Crippen LogP contribution in [0.5, 0.6) is 0 Å². The van der Waals surface area contributed by atoms with Gasteiger partial charge in [-0.05, 0) is 30.7 Å². The summed E-state index contributed by atoms with van der Waals surface area (Å²) in [6, 6.07) is 7.50. The second kappa shape index (κ2) is 7.49. The number of nitrogens with zero attached hydrogens (tertiary/aromatic N) is 2. The van der Waals surface area contributed by atoms with Gasteiger partial charge in [-0.15, -0.1) is 0 Å². The molecular weight excluding hydrogens is 306 g/mol. The number of aromatic nitrogens is 1. The Morgan fingerprint density at radius 1 is 1.38 bits per heavy atom. The zero-order chi connectivity index (χ0) is 16.9. The molecule has 0 radical (unpaired) electrons. The topological polar surface area (TPSA) is 67.6 Å². The van der Waals surface area contributed by atoms with Crippen molar-refractivity contribution >= 4 is 6.03 Å². The van der Waals surface area contributed by atoms with Crippen molar-refractivity contribution in [1.29, 1.82) is 0 Å². The zero-order valence-electron chi connectivity index (χ0n) is 14.1. The van der Waals surface area contributed by atoms with Crippen LogP contribution in [0.1, 0.15) is 35.7 Å². The molecule has 1 aliphatic heterocycles. The van der Waals surface area contributed by atoms with Gasteiger partial charge in [-0.3, -0.25) is 4.98 Å². The fourth-order valence-corrected chi connectivity index (χ4v) is 2.73. The van der Waals surface area contributed by atoms with Gasteiger partial charge in [0, 0.05) is 31.4 Å². The van der Waals surface area contributed by atoms with E-state index in [0.29, 0.717) is 26.3 Å². The summed E-state index contributed by atoms with van der Waals surface area (Å²) in [4.78, 5) is 18.6. The van der Waals surface area contributed by atoms with Crippen LogP contribution in [0, 0.1) is 6.92 Å². The van der Waals surface area contributed by atoms with Crippen molar-refractivity contribution in [3.63, 3.8) is 0 Å². The summed E-state index contributed by atoms with van der Waals surface area (Å²) in [5.41, 5.74) is 1.94. The maximum atomic E-state index is 12.6. The number of carbonyl (C=O) groups excluding carboxylic acids is 1. The molecule has 24 heavy (non-hydrogen) atoms. The molecule has 2 amide bonds. The van der Waals surface area contributed by atoms with E-state index in [1.54, 1.807) is 11.1 Å². The number of urea groups is 1. The van der Waals surface area contributed by atoms with Crippen LogP contribution in [-0.2, 0) is 17.7 Å². The highest BCUT2D eigenvalue weighted by Crippen LogP contribution is 2.26. The first-order valence-corrected chi connectivity index (χ1v) is 8.29. The Hall–Kier alpha value is -2.34. The predicted octanol–water partition coefficient (Wildman–Crippen LogP) is 2.83. The summed E-state index contributed by atoms with van der Waals surface area (Å²) in [5.74, 6) is 1.69. The van der Waals surface area contributed by atoms with E-state index < -0.39 is 0 Å². The molecule has 0 bridgehead atoms. The molecule has 6 heteroatoms. The number of hydrogen-bond donors (Lipinski definition) is 1. The van der Waals surface area contributed by atoms with Crippen molar-refractivity contribution in [3.05, 3.63) is 53.2 Å². The Morgan fingerprint density at radius 3 is 2.96 bits per heavy atom. The molecule has 1 atom stereocenters. The molecule has 0 aliphatic carbocycles. The summed E-state index contributed by atoms with van der Waals surface area (Å²) >= 11 is 0. The van der Waals surface area contributed by atoms with Crippen molar-refractivity contribution in [2.24, 2.45) is 0 Å². The second-order valence-corrected chi connectivity index (χ2v) is 5.91. The van der Waals surface area contributed by atoms with Crippen LogP contribution in [0.3, 0.4) is 0 Å². The normalized spacial score (nSPS) is 17.8. The first-order chi connectivity index (χ1) is 11.7. The van der Waals surface area contributed by atoms with Gasteiger partial charge in [0.2, 0.25) is 0 Å². The molecule has 3 rings (SSSR count). The summed E-state index contributed by atoms with van der Waals surface area (Å²) < 4.78 is 11.4. The molecule has 0 unspecified atom stereocenters. The molecule has 0 saturated carbocycles. The first kappa shape index (κ1) is 16.5. The Bertz CT molecular complexity index is 681. The third-order valence-corrected chi connectivity index (χ3v) is 4.17. The van der Waals surface area contributed by atoms with Gasteiger partial charge in [0.1, 0.15) is 17.6 Å². The molecule has 3 heterocycles.